The summed E-state index contributed by atoms with van der Waals surface area (Å²) in [4.78, 5) is 7.49. The van der Waals surface area contributed by atoms with Crippen LogP contribution in [0, 0.1) is 0 Å². The lowest BCUT2D eigenvalue weighted by atomic mass is 10.0. The molecule has 138 valence electrons. The van der Waals surface area contributed by atoms with Crippen LogP contribution in [0.5, 0.6) is 0 Å². The third kappa shape index (κ3) is 3.70. The molecule has 0 N–H and O–H groups in total. The molecule has 0 radical (unpaired) electrons. The second kappa shape index (κ2) is 6.27. The summed E-state index contributed by atoms with van der Waals surface area (Å²) in [5, 5.41) is 3.69. The first kappa shape index (κ1) is 18.7. The summed E-state index contributed by atoms with van der Waals surface area (Å²) >= 11 is 11.5. The molecule has 0 spiro atoms. The summed E-state index contributed by atoms with van der Waals surface area (Å²) in [6.45, 7) is -0.447. The Bertz CT molecular complexity index is 980. The monoisotopic (exact) mass is 414 g/mol. The van der Waals surface area contributed by atoms with Crippen LogP contribution in [0.3, 0.4) is 0 Å². The van der Waals surface area contributed by atoms with Crippen molar-refractivity contribution in [3.63, 3.8) is 0 Å². The van der Waals surface area contributed by atoms with Crippen LogP contribution in [0.1, 0.15) is 16.7 Å². The van der Waals surface area contributed by atoms with E-state index >= 15 is 0 Å². The molecule has 26 heavy (non-hydrogen) atoms. The van der Waals surface area contributed by atoms with Gasteiger partial charge in [-0.1, -0.05) is 17.7 Å². The minimum Gasteiger partial charge on any atom is -0.265 e. The van der Waals surface area contributed by atoms with E-state index in [-0.39, 0.29) is 27.5 Å². The smallest absolute Gasteiger partial charge is 0.265 e. The third-order valence-corrected chi connectivity index (χ3v) is 3.85. The van der Waals surface area contributed by atoms with Crippen molar-refractivity contribution >= 4 is 34.2 Å². The van der Waals surface area contributed by atoms with Crippen LogP contribution in [-0.2, 0) is 18.9 Å². The van der Waals surface area contributed by atoms with Gasteiger partial charge in [0.2, 0.25) is 5.28 Å². The van der Waals surface area contributed by atoms with Gasteiger partial charge < -0.3 is 0 Å². The first-order valence-electron chi connectivity index (χ1n) is 6.78. The van der Waals surface area contributed by atoms with E-state index in [1.165, 1.54) is 6.20 Å². The molecule has 4 nitrogen and oxygen atoms in total. The fourth-order valence-electron chi connectivity index (χ4n) is 2.31. The van der Waals surface area contributed by atoms with Gasteiger partial charge in [-0.05, 0) is 29.3 Å². The number of rotatable bonds is 2. The van der Waals surface area contributed by atoms with Crippen molar-refractivity contribution in [1.29, 1.82) is 0 Å². The first-order valence-corrected chi connectivity index (χ1v) is 7.54. The summed E-state index contributed by atoms with van der Waals surface area (Å²) in [5.41, 5.74) is -2.89. The largest absolute Gasteiger partial charge is 0.416 e. The normalized spacial score (nSPS) is 12.8. The SMILES string of the molecule is FC(F)(F)c1ccc(Cn2cc3nc(Cl)nc(Cl)c3n2)c(C(F)(F)F)c1. The van der Waals surface area contributed by atoms with Crippen LogP contribution in [-0.4, -0.2) is 19.7 Å². The molecule has 0 saturated carbocycles. The van der Waals surface area contributed by atoms with Gasteiger partial charge in [-0.15, -0.1) is 0 Å². The zero-order valence-corrected chi connectivity index (χ0v) is 13.8. The van der Waals surface area contributed by atoms with Crippen molar-refractivity contribution in [3.8, 4) is 0 Å². The number of fused-ring (bicyclic) bond motifs is 1. The molecule has 3 aromatic rings. The van der Waals surface area contributed by atoms with Crippen molar-refractivity contribution in [1.82, 2.24) is 19.7 Å². The number of halogens is 8. The molecule has 12 heteroatoms. The number of benzene rings is 1. The van der Waals surface area contributed by atoms with Gasteiger partial charge in [-0.2, -0.15) is 31.4 Å². The predicted molar refractivity (Wildman–Crippen MR) is 80.9 cm³/mol. The highest BCUT2D eigenvalue weighted by Gasteiger charge is 2.38. The molecule has 0 aliphatic rings. The van der Waals surface area contributed by atoms with E-state index in [2.05, 4.69) is 15.1 Å². The fourth-order valence-corrected chi connectivity index (χ4v) is 2.74. The molecule has 0 aliphatic carbocycles. The summed E-state index contributed by atoms with van der Waals surface area (Å²) in [7, 11) is 0. The van der Waals surface area contributed by atoms with Crippen molar-refractivity contribution in [2.75, 3.05) is 0 Å². The molecule has 3 rings (SSSR count). The van der Waals surface area contributed by atoms with Gasteiger partial charge in [-0.25, -0.2) is 9.97 Å². The van der Waals surface area contributed by atoms with Crippen molar-refractivity contribution in [2.24, 2.45) is 0 Å². The highest BCUT2D eigenvalue weighted by molar-refractivity contribution is 6.35. The standard InChI is InChI=1S/C14H6Cl2F6N4/c15-11-10-9(23-12(16)24-11)5-26(25-10)4-6-1-2-7(13(17,18)19)3-8(6)14(20,21)22/h1-3,5H,4H2. The molecule has 0 fully saturated rings. The lowest BCUT2D eigenvalue weighted by Crippen LogP contribution is -2.15. The van der Waals surface area contributed by atoms with E-state index < -0.39 is 35.6 Å². The maximum atomic E-state index is 13.2. The van der Waals surface area contributed by atoms with Crippen molar-refractivity contribution < 1.29 is 26.3 Å². The molecule has 2 heterocycles. The molecule has 0 saturated heterocycles. The Kier molecular flexibility index (Phi) is 4.51. The van der Waals surface area contributed by atoms with E-state index in [1.807, 2.05) is 0 Å². The van der Waals surface area contributed by atoms with Crippen LogP contribution in [0.15, 0.2) is 24.4 Å². The van der Waals surface area contributed by atoms with Crippen molar-refractivity contribution in [3.05, 3.63) is 51.5 Å². The van der Waals surface area contributed by atoms with Crippen LogP contribution >= 0.6 is 23.2 Å². The number of alkyl halides is 6. The predicted octanol–water partition coefficient (Wildman–Crippen LogP) is 5.22. The lowest BCUT2D eigenvalue weighted by molar-refractivity contribution is -0.143. The van der Waals surface area contributed by atoms with E-state index in [0.29, 0.717) is 6.07 Å². The number of aromatic nitrogens is 4. The van der Waals surface area contributed by atoms with E-state index in [4.69, 9.17) is 23.2 Å². The van der Waals surface area contributed by atoms with Crippen LogP contribution in [0.2, 0.25) is 10.4 Å². The molecule has 0 aliphatic heterocycles. The number of hydrogen-bond acceptors (Lipinski definition) is 3. The van der Waals surface area contributed by atoms with Gasteiger partial charge in [0, 0.05) is 0 Å². The van der Waals surface area contributed by atoms with Gasteiger partial charge in [0.1, 0.15) is 11.0 Å². The van der Waals surface area contributed by atoms with Gasteiger partial charge in [0.05, 0.1) is 23.9 Å². The summed E-state index contributed by atoms with van der Waals surface area (Å²) < 4.78 is 78.7. The minimum absolute atomic E-state index is 0.0716. The van der Waals surface area contributed by atoms with Gasteiger partial charge in [0.15, 0.2) is 5.15 Å². The molecular weight excluding hydrogens is 409 g/mol. The van der Waals surface area contributed by atoms with E-state index in [0.717, 1.165) is 10.7 Å². The highest BCUT2D eigenvalue weighted by Crippen LogP contribution is 2.37. The summed E-state index contributed by atoms with van der Waals surface area (Å²) in [5.74, 6) is 0. The Balaban J connectivity index is 2.06. The highest BCUT2D eigenvalue weighted by atomic mass is 35.5. The van der Waals surface area contributed by atoms with Crippen LogP contribution < -0.4 is 0 Å². The lowest BCUT2D eigenvalue weighted by Gasteiger charge is -2.16. The Morgan fingerprint density at radius 1 is 0.962 bits per heavy atom. The summed E-state index contributed by atoms with van der Waals surface area (Å²) in [6, 6.07) is 1.41. The average molecular weight is 415 g/mol. The zero-order chi connectivity index (χ0) is 19.3. The Morgan fingerprint density at radius 2 is 1.65 bits per heavy atom. The molecule has 0 amide bonds. The first-order chi connectivity index (χ1) is 11.9. The zero-order valence-electron chi connectivity index (χ0n) is 12.3. The molecular formula is C14H6Cl2F6N4. The van der Waals surface area contributed by atoms with Crippen LogP contribution in [0.25, 0.3) is 11.0 Å². The quantitative estimate of drug-likeness (QED) is 0.328. The third-order valence-electron chi connectivity index (χ3n) is 3.42. The second-order valence-electron chi connectivity index (χ2n) is 5.21. The Labute approximate surface area is 151 Å². The molecule has 0 bridgehead atoms. The topological polar surface area (TPSA) is 43.6 Å². The average Bonchev–Trinajstić information content (AvgIpc) is 2.88. The maximum Gasteiger partial charge on any atom is 0.416 e. The molecule has 1 aromatic carbocycles. The van der Waals surface area contributed by atoms with Crippen LogP contribution in [0.4, 0.5) is 26.3 Å². The molecule has 0 atom stereocenters. The Morgan fingerprint density at radius 3 is 2.27 bits per heavy atom. The Hall–Kier alpha value is -2.07. The maximum absolute atomic E-state index is 13.2. The minimum atomic E-state index is -4.97. The number of nitrogens with zero attached hydrogens (tertiary/aromatic N) is 4. The summed E-state index contributed by atoms with van der Waals surface area (Å²) in [6.07, 6.45) is -8.59. The van der Waals surface area contributed by atoms with Gasteiger partial charge in [-0.3, -0.25) is 4.68 Å². The van der Waals surface area contributed by atoms with Crippen molar-refractivity contribution in [2.45, 2.75) is 18.9 Å². The van der Waals surface area contributed by atoms with Gasteiger partial charge in [0.25, 0.3) is 0 Å². The van der Waals surface area contributed by atoms with Gasteiger partial charge >= 0.3 is 12.4 Å². The second-order valence-corrected chi connectivity index (χ2v) is 5.91. The van der Waals surface area contributed by atoms with E-state index in [9.17, 15) is 26.3 Å². The van der Waals surface area contributed by atoms with E-state index in [1.54, 1.807) is 0 Å². The molecule has 2 aromatic heterocycles. The molecule has 0 unspecified atom stereocenters. The number of hydrogen-bond donors (Lipinski definition) is 0. The fraction of sp³-hybridized carbons (Fsp3) is 0.214.